The number of benzene rings is 1. The van der Waals surface area contributed by atoms with E-state index >= 15 is 0 Å². The number of hydrogen-bond acceptors (Lipinski definition) is 0. The van der Waals surface area contributed by atoms with Crippen LogP contribution in [-0.4, -0.2) is 4.98 Å². The van der Waals surface area contributed by atoms with Crippen LogP contribution >= 0.6 is 31.9 Å². The van der Waals surface area contributed by atoms with Crippen LogP contribution in [0, 0.1) is 0 Å². The molecule has 2 rings (SSSR count). The maximum absolute atomic E-state index is 3.45. The second kappa shape index (κ2) is 2.64. The van der Waals surface area contributed by atoms with E-state index in [1.807, 2.05) is 18.3 Å². The third kappa shape index (κ3) is 1.23. The zero-order valence-electron chi connectivity index (χ0n) is 5.57. The minimum atomic E-state index is 1.10. The summed E-state index contributed by atoms with van der Waals surface area (Å²) in [5.41, 5.74) is 1.15. The number of nitrogens with one attached hydrogen (secondary N) is 1. The Labute approximate surface area is 81.1 Å². The van der Waals surface area contributed by atoms with Gasteiger partial charge in [-0.15, -0.1) is 0 Å². The summed E-state index contributed by atoms with van der Waals surface area (Å²) >= 11 is 6.87. The highest BCUT2D eigenvalue weighted by atomic mass is 79.9. The molecule has 2 aromatic rings. The molecule has 1 nitrogen and oxygen atoms in total. The van der Waals surface area contributed by atoms with Gasteiger partial charge in [0.25, 0.3) is 0 Å². The molecule has 1 aromatic carbocycles. The molecule has 0 saturated carbocycles. The predicted molar refractivity (Wildman–Crippen MR) is 53.7 cm³/mol. The van der Waals surface area contributed by atoms with Crippen molar-refractivity contribution < 1.29 is 0 Å². The van der Waals surface area contributed by atoms with E-state index in [2.05, 4.69) is 42.9 Å². The van der Waals surface area contributed by atoms with Gasteiger partial charge in [-0.3, -0.25) is 0 Å². The number of halogens is 2. The van der Waals surface area contributed by atoms with Crippen LogP contribution in [-0.2, 0) is 0 Å². The highest BCUT2D eigenvalue weighted by molar-refractivity contribution is 9.11. The maximum Gasteiger partial charge on any atom is 0.0466 e. The Bertz CT molecular complexity index is 392. The first-order valence-electron chi connectivity index (χ1n) is 3.19. The summed E-state index contributed by atoms with van der Waals surface area (Å²) in [5.74, 6) is 0. The van der Waals surface area contributed by atoms with Crippen LogP contribution in [0.25, 0.3) is 10.9 Å². The summed E-state index contributed by atoms with van der Waals surface area (Å²) in [6.45, 7) is 0. The van der Waals surface area contributed by atoms with E-state index in [1.165, 1.54) is 5.39 Å². The molecule has 11 heavy (non-hydrogen) atoms. The van der Waals surface area contributed by atoms with E-state index in [-0.39, 0.29) is 0 Å². The normalized spacial score (nSPS) is 10.7. The van der Waals surface area contributed by atoms with Crippen LogP contribution in [0.1, 0.15) is 0 Å². The van der Waals surface area contributed by atoms with Crippen molar-refractivity contribution in [1.82, 2.24) is 4.98 Å². The fraction of sp³-hybridized carbons (Fsp3) is 0. The lowest BCUT2D eigenvalue weighted by molar-refractivity contribution is 1.47. The summed E-state index contributed by atoms with van der Waals surface area (Å²) in [7, 11) is 0. The SMILES string of the molecule is Brc1ccc2[nH]cc(Br)c2c1. The summed E-state index contributed by atoms with van der Waals surface area (Å²) in [6, 6.07) is 6.14. The Balaban J connectivity index is 2.87. The molecule has 0 amide bonds. The minimum absolute atomic E-state index is 1.10. The highest BCUT2D eigenvalue weighted by Gasteiger charge is 1.99. The van der Waals surface area contributed by atoms with Crippen molar-refractivity contribution in [2.75, 3.05) is 0 Å². The number of aromatic amines is 1. The zero-order valence-corrected chi connectivity index (χ0v) is 8.74. The van der Waals surface area contributed by atoms with Gasteiger partial charge in [0.2, 0.25) is 0 Å². The summed E-state index contributed by atoms with van der Waals surface area (Å²) in [4.78, 5) is 3.15. The Kier molecular flexibility index (Phi) is 1.77. The molecule has 56 valence electrons. The van der Waals surface area contributed by atoms with E-state index in [9.17, 15) is 0 Å². The van der Waals surface area contributed by atoms with Gasteiger partial charge in [-0.25, -0.2) is 0 Å². The van der Waals surface area contributed by atoms with E-state index in [4.69, 9.17) is 0 Å². The van der Waals surface area contributed by atoms with Crippen molar-refractivity contribution >= 4 is 42.8 Å². The average molecular weight is 275 g/mol. The smallest absolute Gasteiger partial charge is 0.0466 e. The monoisotopic (exact) mass is 273 g/mol. The van der Waals surface area contributed by atoms with Crippen molar-refractivity contribution in [3.05, 3.63) is 33.3 Å². The molecule has 0 atom stereocenters. The molecule has 0 fully saturated rings. The molecule has 0 radical (unpaired) electrons. The van der Waals surface area contributed by atoms with Crippen molar-refractivity contribution in [2.24, 2.45) is 0 Å². The molecule has 1 aromatic heterocycles. The maximum atomic E-state index is 3.45. The topological polar surface area (TPSA) is 15.8 Å². The quantitative estimate of drug-likeness (QED) is 0.754. The first kappa shape index (κ1) is 7.37. The number of hydrogen-bond donors (Lipinski definition) is 1. The number of rotatable bonds is 0. The van der Waals surface area contributed by atoms with Crippen LogP contribution in [0.3, 0.4) is 0 Å². The van der Waals surface area contributed by atoms with Gasteiger partial charge in [0.05, 0.1) is 0 Å². The average Bonchev–Trinajstić information content (AvgIpc) is 2.33. The predicted octanol–water partition coefficient (Wildman–Crippen LogP) is 3.69. The second-order valence-electron chi connectivity index (χ2n) is 2.33. The molecule has 0 unspecified atom stereocenters. The van der Waals surface area contributed by atoms with Crippen molar-refractivity contribution in [2.45, 2.75) is 0 Å². The molecule has 0 aliphatic rings. The molecule has 0 aliphatic heterocycles. The molecule has 0 saturated heterocycles. The van der Waals surface area contributed by atoms with Gasteiger partial charge < -0.3 is 4.98 Å². The lowest BCUT2D eigenvalue weighted by atomic mass is 10.3. The Morgan fingerprint density at radius 2 is 2.00 bits per heavy atom. The van der Waals surface area contributed by atoms with Gasteiger partial charge in [0.15, 0.2) is 0 Å². The molecule has 0 bridgehead atoms. The second-order valence-corrected chi connectivity index (χ2v) is 4.10. The summed E-state index contributed by atoms with van der Waals surface area (Å²) < 4.78 is 2.21. The van der Waals surface area contributed by atoms with E-state index in [0.29, 0.717) is 0 Å². The number of fused-ring (bicyclic) bond motifs is 1. The van der Waals surface area contributed by atoms with Crippen LogP contribution in [0.5, 0.6) is 0 Å². The molecule has 1 N–H and O–H groups in total. The lowest BCUT2D eigenvalue weighted by Gasteiger charge is -1.90. The summed E-state index contributed by atoms with van der Waals surface area (Å²) in [6.07, 6.45) is 1.94. The van der Waals surface area contributed by atoms with Gasteiger partial charge in [-0.1, -0.05) is 15.9 Å². The van der Waals surface area contributed by atoms with Crippen LogP contribution in [0.15, 0.2) is 33.3 Å². The molecule has 1 heterocycles. The van der Waals surface area contributed by atoms with Gasteiger partial charge in [-0.05, 0) is 34.1 Å². The highest BCUT2D eigenvalue weighted by Crippen LogP contribution is 2.25. The molecular weight excluding hydrogens is 270 g/mol. The zero-order chi connectivity index (χ0) is 7.84. The number of aromatic nitrogens is 1. The fourth-order valence-corrected chi connectivity index (χ4v) is 1.86. The Morgan fingerprint density at radius 3 is 2.82 bits per heavy atom. The van der Waals surface area contributed by atoms with Crippen LogP contribution in [0.2, 0.25) is 0 Å². The third-order valence-electron chi connectivity index (χ3n) is 1.59. The van der Waals surface area contributed by atoms with Crippen molar-refractivity contribution in [3.63, 3.8) is 0 Å². The Morgan fingerprint density at radius 1 is 1.18 bits per heavy atom. The molecule has 0 spiro atoms. The Hall–Kier alpha value is -0.280. The first-order chi connectivity index (χ1) is 5.27. The molecule has 3 heteroatoms. The van der Waals surface area contributed by atoms with E-state index < -0.39 is 0 Å². The lowest BCUT2D eigenvalue weighted by Crippen LogP contribution is -1.66. The van der Waals surface area contributed by atoms with Crippen LogP contribution in [0.4, 0.5) is 0 Å². The summed E-state index contributed by atoms with van der Waals surface area (Å²) in [5, 5.41) is 1.21. The number of H-pyrrole nitrogens is 1. The van der Waals surface area contributed by atoms with Crippen molar-refractivity contribution in [3.8, 4) is 0 Å². The van der Waals surface area contributed by atoms with Crippen LogP contribution < -0.4 is 0 Å². The largest absolute Gasteiger partial charge is 0.360 e. The first-order valence-corrected chi connectivity index (χ1v) is 4.78. The third-order valence-corrected chi connectivity index (χ3v) is 2.74. The minimum Gasteiger partial charge on any atom is -0.360 e. The van der Waals surface area contributed by atoms with E-state index in [0.717, 1.165) is 14.5 Å². The van der Waals surface area contributed by atoms with Gasteiger partial charge in [0.1, 0.15) is 0 Å². The standard InChI is InChI=1S/C8H5Br2N/c9-5-1-2-8-6(3-5)7(10)4-11-8/h1-4,11H. The van der Waals surface area contributed by atoms with Crippen molar-refractivity contribution in [1.29, 1.82) is 0 Å². The van der Waals surface area contributed by atoms with Gasteiger partial charge >= 0.3 is 0 Å². The molecular formula is C8H5Br2N. The fourth-order valence-electron chi connectivity index (χ4n) is 1.06. The molecule has 0 aliphatic carbocycles. The van der Waals surface area contributed by atoms with Gasteiger partial charge in [-0.2, -0.15) is 0 Å². The van der Waals surface area contributed by atoms with Gasteiger partial charge in [0, 0.05) is 26.0 Å². The van der Waals surface area contributed by atoms with E-state index in [1.54, 1.807) is 0 Å².